The number of benzene rings is 2. The van der Waals surface area contributed by atoms with E-state index in [1.54, 1.807) is 18.2 Å². The Bertz CT molecular complexity index is 1340. The highest BCUT2D eigenvalue weighted by Gasteiger charge is 2.67. The number of amides is 2. The van der Waals surface area contributed by atoms with Crippen molar-refractivity contribution in [3.05, 3.63) is 92.9 Å². The van der Waals surface area contributed by atoms with Crippen LogP contribution in [0.4, 0.5) is 15.8 Å². The quantitative estimate of drug-likeness (QED) is 0.236. The summed E-state index contributed by atoms with van der Waals surface area (Å²) in [5.41, 5.74) is 1.38. The van der Waals surface area contributed by atoms with Gasteiger partial charge in [-0.2, -0.15) is 4.39 Å². The highest BCUT2D eigenvalue weighted by Crippen LogP contribution is 2.65. The number of nitrogens with one attached hydrogen (secondary N) is 2. The molecule has 5 nitrogen and oxygen atoms in total. The van der Waals surface area contributed by atoms with Crippen molar-refractivity contribution in [3.8, 4) is 0 Å². The van der Waals surface area contributed by atoms with Crippen molar-refractivity contribution in [2.24, 2.45) is 5.92 Å². The summed E-state index contributed by atoms with van der Waals surface area (Å²) >= 11 is 31.1. The smallest absolute Gasteiger partial charge is 0.257 e. The second-order valence-electron chi connectivity index (χ2n) is 7.78. The predicted octanol–water partition coefficient (Wildman–Crippen LogP) is 7.60. The van der Waals surface area contributed by atoms with Gasteiger partial charge in [0.25, 0.3) is 5.91 Å². The molecule has 180 valence electrons. The molecule has 11 heteroatoms. The zero-order chi connectivity index (χ0) is 25.5. The van der Waals surface area contributed by atoms with Gasteiger partial charge in [-0.05, 0) is 48.0 Å². The molecule has 3 aromatic rings. The van der Waals surface area contributed by atoms with Gasteiger partial charge in [-0.25, -0.2) is 4.98 Å². The Morgan fingerprint density at radius 2 is 1.69 bits per heavy atom. The Hall–Kier alpha value is -2.35. The van der Waals surface area contributed by atoms with Gasteiger partial charge >= 0.3 is 0 Å². The summed E-state index contributed by atoms with van der Waals surface area (Å²) in [7, 11) is 0. The van der Waals surface area contributed by atoms with Crippen molar-refractivity contribution < 1.29 is 14.0 Å². The largest absolute Gasteiger partial charge is 0.326 e. The molecule has 4 rings (SSSR count). The minimum absolute atomic E-state index is 0.0749. The minimum Gasteiger partial charge on any atom is -0.326 e. The lowest BCUT2D eigenvalue weighted by Crippen LogP contribution is -2.18. The lowest BCUT2D eigenvalue weighted by Gasteiger charge is -2.11. The van der Waals surface area contributed by atoms with E-state index < -0.39 is 33.9 Å². The fourth-order valence-electron chi connectivity index (χ4n) is 3.69. The summed E-state index contributed by atoms with van der Waals surface area (Å²) in [4.78, 5) is 29.3. The van der Waals surface area contributed by atoms with Crippen molar-refractivity contribution in [2.75, 3.05) is 10.6 Å². The normalized spacial score (nSPS) is 18.0. The number of hydrogen-bond donors (Lipinski definition) is 2. The molecule has 0 bridgehead atoms. The summed E-state index contributed by atoms with van der Waals surface area (Å²) in [6.07, 6.45) is 2.44. The SMILES string of the molecule is C=Cc1cc(NC(=O)c2cc(NC(=O)[C@@H]3[C@@H](c4cc(Cl)cc(Cl)c4)C3(Cl)Cl)ccc2Cl)cnc1F. The molecule has 2 N–H and O–H groups in total. The second-order valence-corrected chi connectivity index (χ2v) is 10.5. The molecule has 0 radical (unpaired) electrons. The van der Waals surface area contributed by atoms with Crippen molar-refractivity contribution >= 4 is 87.3 Å². The number of hydrogen-bond acceptors (Lipinski definition) is 3. The highest BCUT2D eigenvalue weighted by atomic mass is 35.5. The van der Waals surface area contributed by atoms with Crippen molar-refractivity contribution in [1.29, 1.82) is 0 Å². The molecule has 1 fully saturated rings. The van der Waals surface area contributed by atoms with E-state index in [-0.39, 0.29) is 21.8 Å². The lowest BCUT2D eigenvalue weighted by molar-refractivity contribution is -0.117. The Morgan fingerprint density at radius 1 is 1.00 bits per heavy atom. The maximum atomic E-state index is 13.6. The zero-order valence-corrected chi connectivity index (χ0v) is 21.4. The summed E-state index contributed by atoms with van der Waals surface area (Å²) in [6.45, 7) is 3.50. The van der Waals surface area contributed by atoms with Gasteiger partial charge in [0.2, 0.25) is 11.9 Å². The predicted molar refractivity (Wildman–Crippen MR) is 139 cm³/mol. The summed E-state index contributed by atoms with van der Waals surface area (Å²) < 4.78 is 12.2. The van der Waals surface area contributed by atoms with Crippen LogP contribution in [0.5, 0.6) is 0 Å². The van der Waals surface area contributed by atoms with Crippen LogP contribution in [0.15, 0.2) is 55.2 Å². The molecule has 35 heavy (non-hydrogen) atoms. The Kier molecular flexibility index (Phi) is 7.32. The molecule has 1 saturated carbocycles. The summed E-state index contributed by atoms with van der Waals surface area (Å²) in [5.74, 6) is -3.06. The third-order valence-electron chi connectivity index (χ3n) is 5.40. The molecule has 0 aliphatic heterocycles. The molecule has 2 atom stereocenters. The van der Waals surface area contributed by atoms with E-state index in [9.17, 15) is 14.0 Å². The average molecular weight is 574 g/mol. The fourth-order valence-corrected chi connectivity index (χ4v) is 5.27. The number of pyridine rings is 1. The van der Waals surface area contributed by atoms with E-state index in [4.69, 9.17) is 58.0 Å². The molecule has 0 unspecified atom stereocenters. The molecule has 0 saturated heterocycles. The highest BCUT2D eigenvalue weighted by molar-refractivity contribution is 6.53. The standard InChI is InChI=1S/C24H15Cl5FN3O2/c1-2-11-7-16(10-31-21(11)30)33-22(34)17-9-15(3-4-18(17)27)32-23(35)20-19(24(20,28)29)12-5-13(25)8-14(26)6-12/h2-10,19-20H,1H2,(H,32,35)(H,33,34)/t19-,20+/m1/s1. The Labute approximate surface area is 225 Å². The molecule has 0 spiro atoms. The van der Waals surface area contributed by atoms with Gasteiger partial charge in [0.15, 0.2) is 0 Å². The minimum atomic E-state index is -1.36. The van der Waals surface area contributed by atoms with Crippen LogP contribution in [-0.4, -0.2) is 21.1 Å². The third-order valence-corrected chi connectivity index (χ3v) is 7.11. The number of carbonyl (C=O) groups excluding carboxylic acids is 2. The first-order chi connectivity index (χ1) is 16.5. The van der Waals surface area contributed by atoms with Crippen molar-refractivity contribution in [3.63, 3.8) is 0 Å². The van der Waals surface area contributed by atoms with Gasteiger partial charge in [0, 0.05) is 27.2 Å². The number of nitrogens with zero attached hydrogens (tertiary/aromatic N) is 1. The zero-order valence-electron chi connectivity index (χ0n) is 17.6. The molecular weight excluding hydrogens is 559 g/mol. The van der Waals surface area contributed by atoms with E-state index in [1.165, 1.54) is 30.3 Å². The van der Waals surface area contributed by atoms with E-state index in [0.717, 1.165) is 6.20 Å². The van der Waals surface area contributed by atoms with Crippen molar-refractivity contribution in [2.45, 2.75) is 10.3 Å². The van der Waals surface area contributed by atoms with Gasteiger partial charge < -0.3 is 10.6 Å². The first-order valence-corrected chi connectivity index (χ1v) is 11.9. The molecule has 1 aliphatic rings. The first-order valence-electron chi connectivity index (χ1n) is 10.0. The van der Waals surface area contributed by atoms with Crippen LogP contribution in [0.3, 0.4) is 0 Å². The van der Waals surface area contributed by atoms with E-state index in [0.29, 0.717) is 21.3 Å². The Balaban J connectivity index is 1.51. The topological polar surface area (TPSA) is 71.1 Å². The molecule has 1 aromatic heterocycles. The van der Waals surface area contributed by atoms with Gasteiger partial charge in [0.1, 0.15) is 4.33 Å². The maximum absolute atomic E-state index is 13.6. The van der Waals surface area contributed by atoms with Crippen LogP contribution < -0.4 is 10.6 Å². The molecule has 1 heterocycles. The van der Waals surface area contributed by atoms with Gasteiger partial charge in [0.05, 0.1) is 28.4 Å². The Morgan fingerprint density at radius 3 is 2.34 bits per heavy atom. The molecule has 2 aromatic carbocycles. The number of rotatable bonds is 6. The number of alkyl halides is 2. The number of aromatic nitrogens is 1. The number of anilines is 2. The molecule has 1 aliphatic carbocycles. The van der Waals surface area contributed by atoms with Crippen LogP contribution in [0.1, 0.15) is 27.4 Å². The first kappa shape index (κ1) is 25.7. The van der Waals surface area contributed by atoms with E-state index >= 15 is 0 Å². The summed E-state index contributed by atoms with van der Waals surface area (Å²) in [6, 6.07) is 10.6. The van der Waals surface area contributed by atoms with E-state index in [2.05, 4.69) is 22.2 Å². The van der Waals surface area contributed by atoms with Gasteiger partial charge in [-0.15, -0.1) is 23.2 Å². The monoisotopic (exact) mass is 571 g/mol. The molecular formula is C24H15Cl5FN3O2. The lowest BCUT2D eigenvalue weighted by atomic mass is 10.1. The third kappa shape index (κ3) is 5.42. The van der Waals surface area contributed by atoms with Crippen LogP contribution in [0, 0.1) is 11.9 Å². The maximum Gasteiger partial charge on any atom is 0.257 e. The average Bonchev–Trinajstić information content (AvgIpc) is 3.37. The van der Waals surface area contributed by atoms with Crippen LogP contribution >= 0.6 is 58.0 Å². The van der Waals surface area contributed by atoms with Crippen LogP contribution in [0.25, 0.3) is 6.08 Å². The van der Waals surface area contributed by atoms with Crippen molar-refractivity contribution in [1.82, 2.24) is 4.98 Å². The number of carbonyl (C=O) groups is 2. The van der Waals surface area contributed by atoms with E-state index in [1.807, 2.05) is 0 Å². The van der Waals surface area contributed by atoms with Crippen LogP contribution in [-0.2, 0) is 4.79 Å². The second kappa shape index (κ2) is 9.96. The van der Waals surface area contributed by atoms with Crippen LogP contribution in [0.2, 0.25) is 15.1 Å². The number of halogens is 6. The fraction of sp³-hybridized carbons (Fsp3) is 0.125. The van der Waals surface area contributed by atoms with Gasteiger partial charge in [-0.1, -0.05) is 47.5 Å². The summed E-state index contributed by atoms with van der Waals surface area (Å²) in [5, 5.41) is 6.23. The van der Waals surface area contributed by atoms with Gasteiger partial charge in [-0.3, -0.25) is 9.59 Å². The molecule has 2 amide bonds.